The van der Waals surface area contributed by atoms with Crippen molar-refractivity contribution >= 4 is 21.3 Å². The molecule has 0 saturated carbocycles. The SMILES string of the molecule is O=S(=O)(C=NC#CCc1ccccc1)N1CCN(c2ccc(F)cc2)CC1. The molecule has 2 aromatic carbocycles. The maximum absolute atomic E-state index is 13.0. The molecule has 1 fully saturated rings. The first-order valence-electron chi connectivity index (χ1n) is 8.60. The number of sulfonamides is 1. The van der Waals surface area contributed by atoms with Crippen molar-refractivity contribution in [3.8, 4) is 12.0 Å². The summed E-state index contributed by atoms with van der Waals surface area (Å²) in [6.45, 7) is 1.78. The van der Waals surface area contributed by atoms with Crippen LogP contribution in [-0.2, 0) is 16.4 Å². The Bertz CT molecular complexity index is 940. The van der Waals surface area contributed by atoms with Crippen molar-refractivity contribution in [3.05, 3.63) is 66.0 Å². The number of nitrogens with zero attached hydrogens (tertiary/aromatic N) is 3. The van der Waals surface area contributed by atoms with E-state index >= 15 is 0 Å². The van der Waals surface area contributed by atoms with Gasteiger partial charge in [0.05, 0.1) is 0 Å². The molecule has 1 heterocycles. The van der Waals surface area contributed by atoms with Crippen LogP contribution in [-0.4, -0.2) is 44.4 Å². The Morgan fingerprint density at radius 1 is 1.00 bits per heavy atom. The third kappa shape index (κ3) is 5.39. The van der Waals surface area contributed by atoms with Crippen molar-refractivity contribution in [1.82, 2.24) is 4.31 Å². The van der Waals surface area contributed by atoms with E-state index in [9.17, 15) is 12.8 Å². The maximum Gasteiger partial charge on any atom is 0.254 e. The van der Waals surface area contributed by atoms with E-state index in [0.29, 0.717) is 32.6 Å². The Morgan fingerprint density at radius 2 is 1.67 bits per heavy atom. The van der Waals surface area contributed by atoms with Gasteiger partial charge >= 0.3 is 0 Å². The lowest BCUT2D eigenvalue weighted by atomic mass is 10.2. The number of piperazine rings is 1. The van der Waals surface area contributed by atoms with Crippen molar-refractivity contribution in [3.63, 3.8) is 0 Å². The van der Waals surface area contributed by atoms with Gasteiger partial charge in [-0.2, -0.15) is 9.30 Å². The van der Waals surface area contributed by atoms with Gasteiger partial charge in [0.1, 0.15) is 11.4 Å². The quantitative estimate of drug-likeness (QED) is 0.462. The smallest absolute Gasteiger partial charge is 0.254 e. The van der Waals surface area contributed by atoms with Gasteiger partial charge in [-0.3, -0.25) is 0 Å². The van der Waals surface area contributed by atoms with Crippen LogP contribution in [0.3, 0.4) is 0 Å². The van der Waals surface area contributed by atoms with Crippen LogP contribution in [0.5, 0.6) is 0 Å². The van der Waals surface area contributed by atoms with Gasteiger partial charge in [0.15, 0.2) is 0 Å². The molecule has 140 valence electrons. The zero-order valence-electron chi connectivity index (χ0n) is 14.8. The van der Waals surface area contributed by atoms with Crippen LogP contribution in [0.1, 0.15) is 5.56 Å². The Hall–Kier alpha value is -2.69. The second kappa shape index (κ2) is 8.80. The van der Waals surface area contributed by atoms with E-state index in [0.717, 1.165) is 16.8 Å². The summed E-state index contributed by atoms with van der Waals surface area (Å²) < 4.78 is 39.1. The summed E-state index contributed by atoms with van der Waals surface area (Å²) in [6.07, 6.45) is 0.522. The molecule has 3 rings (SSSR count). The molecule has 2 aromatic rings. The van der Waals surface area contributed by atoms with Crippen LogP contribution in [0, 0.1) is 17.8 Å². The van der Waals surface area contributed by atoms with Gasteiger partial charge in [-0.1, -0.05) is 36.3 Å². The van der Waals surface area contributed by atoms with Gasteiger partial charge in [0, 0.05) is 44.3 Å². The van der Waals surface area contributed by atoms with Gasteiger partial charge in [0.25, 0.3) is 10.0 Å². The fourth-order valence-electron chi connectivity index (χ4n) is 2.80. The summed E-state index contributed by atoms with van der Waals surface area (Å²) in [5, 5.41) is 0. The topological polar surface area (TPSA) is 53.0 Å². The first-order valence-corrected chi connectivity index (χ1v) is 10.1. The summed E-state index contributed by atoms with van der Waals surface area (Å²) in [4.78, 5) is 5.78. The van der Waals surface area contributed by atoms with Crippen molar-refractivity contribution in [2.75, 3.05) is 31.1 Å². The average molecular weight is 385 g/mol. The van der Waals surface area contributed by atoms with Crippen LogP contribution in [0.4, 0.5) is 10.1 Å². The van der Waals surface area contributed by atoms with Crippen molar-refractivity contribution in [1.29, 1.82) is 0 Å². The Kier molecular flexibility index (Phi) is 6.22. The predicted octanol–water partition coefficient (Wildman–Crippen LogP) is 2.51. The summed E-state index contributed by atoms with van der Waals surface area (Å²) in [6, 6.07) is 18.4. The number of aliphatic imine (C=N–C) groups is 1. The van der Waals surface area contributed by atoms with Crippen molar-refractivity contribution < 1.29 is 12.8 Å². The molecule has 0 atom stereocenters. The van der Waals surface area contributed by atoms with Gasteiger partial charge in [-0.15, -0.1) is 0 Å². The summed E-state index contributed by atoms with van der Waals surface area (Å²) in [7, 11) is -3.59. The fourth-order valence-corrected chi connectivity index (χ4v) is 3.79. The predicted molar refractivity (Wildman–Crippen MR) is 106 cm³/mol. The number of hydrogen-bond donors (Lipinski definition) is 0. The molecule has 1 saturated heterocycles. The molecule has 0 spiro atoms. The molecule has 0 aliphatic carbocycles. The molecule has 0 radical (unpaired) electrons. The molecule has 1 aliphatic heterocycles. The largest absolute Gasteiger partial charge is 0.369 e. The highest BCUT2D eigenvalue weighted by atomic mass is 32.2. The lowest BCUT2D eigenvalue weighted by Gasteiger charge is -2.34. The summed E-state index contributed by atoms with van der Waals surface area (Å²) in [5.74, 6) is 2.55. The molecule has 7 heteroatoms. The van der Waals surface area contributed by atoms with Gasteiger partial charge in [0.2, 0.25) is 0 Å². The normalized spacial score (nSPS) is 15.5. The van der Waals surface area contributed by atoms with E-state index in [4.69, 9.17) is 0 Å². The minimum Gasteiger partial charge on any atom is -0.369 e. The minimum atomic E-state index is -3.59. The second-order valence-corrected chi connectivity index (χ2v) is 7.85. The highest BCUT2D eigenvalue weighted by Crippen LogP contribution is 2.17. The first-order chi connectivity index (χ1) is 13.0. The van der Waals surface area contributed by atoms with E-state index in [1.807, 2.05) is 35.2 Å². The van der Waals surface area contributed by atoms with Gasteiger partial charge < -0.3 is 4.90 Å². The van der Waals surface area contributed by atoms with Crippen LogP contribution >= 0.6 is 0 Å². The van der Waals surface area contributed by atoms with Gasteiger partial charge in [-0.25, -0.2) is 12.8 Å². The lowest BCUT2D eigenvalue weighted by Crippen LogP contribution is -2.48. The molecule has 1 aliphatic rings. The van der Waals surface area contributed by atoms with E-state index in [1.54, 1.807) is 12.1 Å². The number of rotatable bonds is 4. The molecular weight excluding hydrogens is 365 g/mol. The fraction of sp³-hybridized carbons (Fsp3) is 0.250. The molecule has 0 aromatic heterocycles. The minimum absolute atomic E-state index is 0.287. The maximum atomic E-state index is 13.0. The summed E-state index contributed by atoms with van der Waals surface area (Å²) >= 11 is 0. The molecule has 0 N–H and O–H groups in total. The number of benzene rings is 2. The zero-order valence-corrected chi connectivity index (χ0v) is 15.6. The van der Waals surface area contributed by atoms with E-state index in [-0.39, 0.29) is 5.82 Å². The molecule has 0 amide bonds. The highest BCUT2D eigenvalue weighted by Gasteiger charge is 2.25. The summed E-state index contributed by atoms with van der Waals surface area (Å²) in [5.41, 5.74) is 2.85. The van der Waals surface area contributed by atoms with Crippen LogP contribution in [0.15, 0.2) is 59.6 Å². The van der Waals surface area contributed by atoms with Crippen LogP contribution < -0.4 is 4.90 Å². The average Bonchev–Trinajstić information content (AvgIpc) is 2.69. The van der Waals surface area contributed by atoms with Crippen molar-refractivity contribution in [2.24, 2.45) is 4.99 Å². The molecule has 5 nitrogen and oxygen atoms in total. The zero-order chi connectivity index (χ0) is 19.1. The van der Waals surface area contributed by atoms with Crippen LogP contribution in [0.2, 0.25) is 0 Å². The Labute approximate surface area is 159 Å². The van der Waals surface area contributed by atoms with Gasteiger partial charge in [-0.05, 0) is 29.8 Å². The molecule has 0 bridgehead atoms. The van der Waals surface area contributed by atoms with E-state index < -0.39 is 10.0 Å². The molecular formula is C20H20FN3O2S. The van der Waals surface area contributed by atoms with E-state index in [2.05, 4.69) is 17.0 Å². The molecule has 0 unspecified atom stereocenters. The third-order valence-corrected chi connectivity index (χ3v) is 5.71. The number of halogens is 1. The Morgan fingerprint density at radius 3 is 2.33 bits per heavy atom. The van der Waals surface area contributed by atoms with Crippen LogP contribution in [0.25, 0.3) is 0 Å². The highest BCUT2D eigenvalue weighted by molar-refractivity contribution is 8.02. The standard InChI is InChI=1S/C20H20FN3O2S/c21-19-8-10-20(11-9-19)23-13-15-24(16-14-23)27(25,26)17-22-12-4-7-18-5-2-1-3-6-18/h1-3,5-6,8-11,17H,7,13-16H2. The van der Waals surface area contributed by atoms with E-state index in [1.165, 1.54) is 16.4 Å². The first kappa shape index (κ1) is 19.1. The second-order valence-electron chi connectivity index (χ2n) is 6.09. The number of anilines is 1. The Balaban J connectivity index is 1.53. The lowest BCUT2D eigenvalue weighted by molar-refractivity contribution is 0.392. The monoisotopic (exact) mass is 385 g/mol. The van der Waals surface area contributed by atoms with Crippen molar-refractivity contribution in [2.45, 2.75) is 6.42 Å². The third-order valence-electron chi connectivity index (χ3n) is 4.26. The molecule has 27 heavy (non-hydrogen) atoms. The number of hydrogen-bond acceptors (Lipinski definition) is 4.